The first-order valence-corrected chi connectivity index (χ1v) is 13.2. The lowest BCUT2D eigenvalue weighted by molar-refractivity contribution is -0.237. The van der Waals surface area contributed by atoms with E-state index in [0.29, 0.717) is 17.8 Å². The molecular formula is C27H46O5. The van der Waals surface area contributed by atoms with Gasteiger partial charge in [-0.05, 0) is 97.2 Å². The Labute approximate surface area is 194 Å². The van der Waals surface area contributed by atoms with Crippen LogP contribution in [0.4, 0.5) is 0 Å². The summed E-state index contributed by atoms with van der Waals surface area (Å²) in [6.45, 7) is 10.9. The lowest BCUT2D eigenvalue weighted by atomic mass is 9.40. The summed E-state index contributed by atoms with van der Waals surface area (Å²) < 4.78 is 5.62. The van der Waals surface area contributed by atoms with Gasteiger partial charge in [-0.3, -0.25) is 4.79 Å². The summed E-state index contributed by atoms with van der Waals surface area (Å²) in [5, 5.41) is 33.1. The molecule has 5 nitrogen and oxygen atoms in total. The van der Waals surface area contributed by atoms with Crippen LogP contribution in [-0.2, 0) is 9.53 Å². The Bertz CT molecular complexity index is 696. The van der Waals surface area contributed by atoms with E-state index in [1.54, 1.807) is 0 Å². The van der Waals surface area contributed by atoms with E-state index >= 15 is 0 Å². The van der Waals surface area contributed by atoms with Gasteiger partial charge in [0.25, 0.3) is 0 Å². The topological polar surface area (TPSA) is 87.0 Å². The molecule has 12 atom stereocenters. The van der Waals surface area contributed by atoms with Crippen LogP contribution in [0.25, 0.3) is 0 Å². The molecular weight excluding hydrogens is 404 g/mol. The van der Waals surface area contributed by atoms with Crippen LogP contribution in [0.15, 0.2) is 0 Å². The molecule has 4 saturated carbocycles. The number of ether oxygens (including phenoxy) is 1. The first-order chi connectivity index (χ1) is 15.1. The van der Waals surface area contributed by atoms with Crippen molar-refractivity contribution in [1.82, 2.24) is 0 Å². The average molecular weight is 451 g/mol. The number of hydrogen-bond donors (Lipinski definition) is 3. The third-order valence-electron chi connectivity index (χ3n) is 11.0. The number of esters is 1. The highest BCUT2D eigenvalue weighted by molar-refractivity contribution is 5.66. The van der Waals surface area contributed by atoms with Crippen molar-refractivity contribution >= 4 is 5.97 Å². The number of fused-ring (bicyclic) bond motifs is 5. The number of aliphatic hydroxyl groups excluding tert-OH is 3. The molecule has 4 fully saturated rings. The predicted molar refractivity (Wildman–Crippen MR) is 124 cm³/mol. The third kappa shape index (κ3) is 3.65. The lowest BCUT2D eigenvalue weighted by Crippen LogP contribution is -2.66. The van der Waals surface area contributed by atoms with Gasteiger partial charge in [-0.1, -0.05) is 34.1 Å². The summed E-state index contributed by atoms with van der Waals surface area (Å²) in [5.74, 6) is 1.82. The first-order valence-electron chi connectivity index (χ1n) is 13.2. The van der Waals surface area contributed by atoms with E-state index in [4.69, 9.17) is 4.74 Å². The predicted octanol–water partition coefficient (Wildman–Crippen LogP) is 4.17. The zero-order valence-electron chi connectivity index (χ0n) is 20.8. The molecule has 4 aliphatic rings. The van der Waals surface area contributed by atoms with Gasteiger partial charge in [0.1, 0.15) is 6.10 Å². The number of hydrogen-bond acceptors (Lipinski definition) is 5. The zero-order chi connectivity index (χ0) is 23.4. The van der Waals surface area contributed by atoms with Gasteiger partial charge < -0.3 is 20.1 Å². The quantitative estimate of drug-likeness (QED) is 0.547. The Morgan fingerprint density at radius 2 is 1.84 bits per heavy atom. The molecule has 0 aromatic carbocycles. The number of carbonyl (C=O) groups excluding carboxylic acids is 1. The summed E-state index contributed by atoms with van der Waals surface area (Å²) >= 11 is 0. The van der Waals surface area contributed by atoms with Crippen LogP contribution in [0, 0.1) is 52.3 Å². The van der Waals surface area contributed by atoms with Crippen LogP contribution in [0.1, 0.15) is 86.0 Å². The summed E-state index contributed by atoms with van der Waals surface area (Å²) in [4.78, 5) is 11.6. The van der Waals surface area contributed by atoms with Crippen molar-refractivity contribution in [2.45, 2.75) is 104 Å². The molecule has 0 amide bonds. The number of rotatable bonds is 5. The van der Waals surface area contributed by atoms with Crippen LogP contribution in [0.5, 0.6) is 0 Å². The molecule has 0 heterocycles. The molecule has 4 rings (SSSR count). The standard InChI is InChI=1S/C27H46O5/c1-6-18-21-13-17(32-16(3)29)9-11-26(21,4)24-22(30)14-27(5)19(15(2)10-12-28)7-8-20(27)23(24)25(18)31/h15,17-25,28,30-31H,6-14H2,1-5H3/t15-,17-,18-,19-,20+,21+,22+,23+,24+,25-,26+,27-/m1/s1. The van der Waals surface area contributed by atoms with E-state index in [1.807, 2.05) is 0 Å². The molecule has 0 aliphatic heterocycles. The van der Waals surface area contributed by atoms with Crippen molar-refractivity contribution in [2.75, 3.05) is 6.61 Å². The largest absolute Gasteiger partial charge is 0.463 e. The molecule has 0 unspecified atom stereocenters. The van der Waals surface area contributed by atoms with Crippen LogP contribution >= 0.6 is 0 Å². The Balaban J connectivity index is 1.67. The van der Waals surface area contributed by atoms with Crippen molar-refractivity contribution in [3.05, 3.63) is 0 Å². The Morgan fingerprint density at radius 3 is 2.47 bits per heavy atom. The molecule has 0 saturated heterocycles. The summed E-state index contributed by atoms with van der Waals surface area (Å²) in [7, 11) is 0. The van der Waals surface area contributed by atoms with Gasteiger partial charge in [0.05, 0.1) is 12.2 Å². The van der Waals surface area contributed by atoms with Crippen molar-refractivity contribution in [3.8, 4) is 0 Å². The van der Waals surface area contributed by atoms with E-state index in [0.717, 1.165) is 51.4 Å². The highest BCUT2D eigenvalue weighted by Gasteiger charge is 2.67. The van der Waals surface area contributed by atoms with Crippen molar-refractivity contribution in [2.24, 2.45) is 52.3 Å². The van der Waals surface area contributed by atoms with Gasteiger partial charge in [-0.15, -0.1) is 0 Å². The maximum Gasteiger partial charge on any atom is 0.302 e. The van der Waals surface area contributed by atoms with E-state index in [2.05, 4.69) is 27.7 Å². The Morgan fingerprint density at radius 1 is 1.12 bits per heavy atom. The fourth-order valence-corrected chi connectivity index (χ4v) is 9.78. The fourth-order valence-electron chi connectivity index (χ4n) is 9.78. The highest BCUT2D eigenvalue weighted by atomic mass is 16.5. The van der Waals surface area contributed by atoms with Crippen LogP contribution in [0.3, 0.4) is 0 Å². The van der Waals surface area contributed by atoms with Gasteiger partial charge in [-0.25, -0.2) is 0 Å². The van der Waals surface area contributed by atoms with Crippen LogP contribution in [-0.4, -0.2) is 46.2 Å². The second-order valence-corrected chi connectivity index (χ2v) is 12.3. The van der Waals surface area contributed by atoms with Crippen molar-refractivity contribution < 1.29 is 24.9 Å². The van der Waals surface area contributed by atoms with Gasteiger partial charge in [0.15, 0.2) is 0 Å². The highest BCUT2D eigenvalue weighted by Crippen LogP contribution is 2.69. The molecule has 5 heteroatoms. The second kappa shape index (κ2) is 8.85. The Hall–Kier alpha value is -0.650. The maximum absolute atomic E-state index is 11.8. The molecule has 0 radical (unpaired) electrons. The van der Waals surface area contributed by atoms with Gasteiger partial charge in [0, 0.05) is 13.5 Å². The van der Waals surface area contributed by atoms with E-state index in [1.165, 1.54) is 6.92 Å². The molecule has 32 heavy (non-hydrogen) atoms. The molecule has 184 valence electrons. The molecule has 0 aromatic rings. The Kier molecular flexibility index (Phi) is 6.77. The minimum Gasteiger partial charge on any atom is -0.463 e. The average Bonchev–Trinajstić information content (AvgIpc) is 3.05. The van der Waals surface area contributed by atoms with Crippen molar-refractivity contribution in [3.63, 3.8) is 0 Å². The molecule has 0 bridgehead atoms. The van der Waals surface area contributed by atoms with E-state index < -0.39 is 12.2 Å². The van der Waals surface area contributed by atoms with Crippen LogP contribution < -0.4 is 0 Å². The van der Waals surface area contributed by atoms with Crippen LogP contribution in [0.2, 0.25) is 0 Å². The number of carbonyl (C=O) groups is 1. The van der Waals surface area contributed by atoms with Gasteiger partial charge in [0.2, 0.25) is 0 Å². The maximum atomic E-state index is 11.8. The van der Waals surface area contributed by atoms with Gasteiger partial charge >= 0.3 is 5.97 Å². The zero-order valence-corrected chi connectivity index (χ0v) is 20.8. The van der Waals surface area contributed by atoms with Gasteiger partial charge in [-0.2, -0.15) is 0 Å². The van der Waals surface area contributed by atoms with Crippen molar-refractivity contribution in [1.29, 1.82) is 0 Å². The third-order valence-corrected chi connectivity index (χ3v) is 11.0. The summed E-state index contributed by atoms with van der Waals surface area (Å²) in [6, 6.07) is 0. The molecule has 4 aliphatic carbocycles. The minimum atomic E-state index is -0.412. The fraction of sp³-hybridized carbons (Fsp3) is 0.963. The normalized spacial score (nSPS) is 51.3. The lowest BCUT2D eigenvalue weighted by Gasteiger charge is -2.66. The SMILES string of the molecule is CC[C@H]1[C@@H](O)[C@@H]2[C@H]([C@@H](O)C[C@]3(C)[C@@H]([C@H](C)CCO)CC[C@@H]23)[C@@]2(C)CC[C@@H](OC(C)=O)C[C@@H]12. The first kappa shape index (κ1) is 24.5. The summed E-state index contributed by atoms with van der Waals surface area (Å²) in [6.07, 6.45) is 6.51. The molecule has 0 spiro atoms. The molecule has 0 aromatic heterocycles. The van der Waals surface area contributed by atoms with E-state index in [9.17, 15) is 20.1 Å². The minimum absolute atomic E-state index is 0.0204. The molecule has 3 N–H and O–H groups in total. The monoisotopic (exact) mass is 450 g/mol. The van der Waals surface area contributed by atoms with E-state index in [-0.39, 0.29) is 53.2 Å². The smallest absolute Gasteiger partial charge is 0.302 e. The summed E-state index contributed by atoms with van der Waals surface area (Å²) in [5.41, 5.74) is -0.0106. The second-order valence-electron chi connectivity index (χ2n) is 12.3. The number of aliphatic hydroxyl groups is 3.